The summed E-state index contributed by atoms with van der Waals surface area (Å²) in [4.78, 5) is 46.5. The van der Waals surface area contributed by atoms with Gasteiger partial charge >= 0.3 is 5.97 Å². The lowest BCUT2D eigenvalue weighted by Crippen LogP contribution is -2.32. The van der Waals surface area contributed by atoms with Gasteiger partial charge in [-0.05, 0) is 6.07 Å². The zero-order valence-corrected chi connectivity index (χ0v) is 11.5. The lowest BCUT2D eigenvalue weighted by Gasteiger charge is -2.12. The monoisotopic (exact) mass is 304 g/mol. The highest BCUT2D eigenvalue weighted by molar-refractivity contribution is 6.21. The molecule has 0 radical (unpaired) electrons. The van der Waals surface area contributed by atoms with Crippen molar-refractivity contribution in [1.82, 2.24) is 4.90 Å². The van der Waals surface area contributed by atoms with Gasteiger partial charge in [-0.3, -0.25) is 29.4 Å². The molecule has 1 aliphatic rings. The molecule has 114 valence electrons. The topological polar surface area (TPSA) is 107 Å². The summed E-state index contributed by atoms with van der Waals surface area (Å²) < 4.78 is 4.75. The Labute approximate surface area is 125 Å². The van der Waals surface area contributed by atoms with Crippen LogP contribution in [0.3, 0.4) is 0 Å². The van der Waals surface area contributed by atoms with Crippen molar-refractivity contribution in [3.63, 3.8) is 0 Å². The van der Waals surface area contributed by atoms with Gasteiger partial charge in [0, 0.05) is 18.7 Å². The van der Waals surface area contributed by atoms with E-state index in [2.05, 4.69) is 6.58 Å². The SMILES string of the molecule is C=CCOC(=O)CCN1C(=O)c2ccc([N+](=O)[O-])cc2C1=O. The summed E-state index contributed by atoms with van der Waals surface area (Å²) in [5.41, 5.74) is -0.208. The van der Waals surface area contributed by atoms with Gasteiger partial charge < -0.3 is 4.74 Å². The van der Waals surface area contributed by atoms with E-state index in [0.717, 1.165) is 17.0 Å². The molecule has 0 unspecified atom stereocenters. The number of carbonyl (C=O) groups excluding carboxylic acids is 3. The standard InChI is InChI=1S/C14H12N2O6/c1-2-7-22-12(17)5-6-15-13(18)10-4-3-9(16(20)21)8-11(10)14(15)19/h2-4,8H,1,5-7H2. The fourth-order valence-corrected chi connectivity index (χ4v) is 2.02. The molecule has 1 heterocycles. The first-order valence-corrected chi connectivity index (χ1v) is 6.37. The minimum atomic E-state index is -0.653. The molecule has 2 amide bonds. The maximum Gasteiger partial charge on any atom is 0.307 e. The van der Waals surface area contributed by atoms with Crippen molar-refractivity contribution in [1.29, 1.82) is 0 Å². The average molecular weight is 304 g/mol. The smallest absolute Gasteiger partial charge is 0.307 e. The number of carbonyl (C=O) groups is 3. The van der Waals surface area contributed by atoms with Gasteiger partial charge in [-0.1, -0.05) is 12.7 Å². The molecular formula is C14H12N2O6. The Morgan fingerprint density at radius 2 is 2.00 bits per heavy atom. The molecule has 1 aliphatic heterocycles. The second-order valence-electron chi connectivity index (χ2n) is 4.47. The number of amides is 2. The van der Waals surface area contributed by atoms with E-state index in [9.17, 15) is 24.5 Å². The summed E-state index contributed by atoms with van der Waals surface area (Å²) in [5, 5.41) is 10.7. The second-order valence-corrected chi connectivity index (χ2v) is 4.47. The van der Waals surface area contributed by atoms with Crippen LogP contribution in [0.1, 0.15) is 27.1 Å². The van der Waals surface area contributed by atoms with Gasteiger partial charge in [0.25, 0.3) is 17.5 Å². The van der Waals surface area contributed by atoms with Gasteiger partial charge in [-0.15, -0.1) is 0 Å². The molecule has 0 aliphatic carbocycles. The maximum absolute atomic E-state index is 12.1. The molecule has 0 saturated heterocycles. The third-order valence-electron chi connectivity index (χ3n) is 3.07. The van der Waals surface area contributed by atoms with E-state index >= 15 is 0 Å². The molecule has 0 atom stereocenters. The van der Waals surface area contributed by atoms with E-state index in [-0.39, 0.29) is 36.4 Å². The number of imide groups is 1. The minimum absolute atomic E-state index is 0.0290. The van der Waals surface area contributed by atoms with Crippen LogP contribution in [-0.2, 0) is 9.53 Å². The highest BCUT2D eigenvalue weighted by Gasteiger charge is 2.36. The molecule has 8 heteroatoms. The van der Waals surface area contributed by atoms with Crippen LogP contribution >= 0.6 is 0 Å². The zero-order valence-electron chi connectivity index (χ0n) is 11.5. The van der Waals surface area contributed by atoms with Gasteiger partial charge in [0.15, 0.2) is 0 Å². The lowest BCUT2D eigenvalue weighted by molar-refractivity contribution is -0.384. The molecule has 1 aromatic carbocycles. The van der Waals surface area contributed by atoms with E-state index in [1.165, 1.54) is 12.1 Å². The molecule has 2 rings (SSSR count). The highest BCUT2D eigenvalue weighted by atomic mass is 16.6. The number of fused-ring (bicyclic) bond motifs is 1. The fourth-order valence-electron chi connectivity index (χ4n) is 2.02. The molecular weight excluding hydrogens is 292 g/mol. The number of hydrogen-bond donors (Lipinski definition) is 0. The Hall–Kier alpha value is -3.03. The minimum Gasteiger partial charge on any atom is -0.461 e. The number of nitrogens with zero attached hydrogens (tertiary/aromatic N) is 2. The zero-order chi connectivity index (χ0) is 16.3. The second kappa shape index (κ2) is 6.17. The molecule has 0 saturated carbocycles. The van der Waals surface area contributed by atoms with Crippen molar-refractivity contribution < 1.29 is 24.0 Å². The third kappa shape index (κ3) is 2.85. The van der Waals surface area contributed by atoms with Crippen molar-refractivity contribution in [2.75, 3.05) is 13.2 Å². The van der Waals surface area contributed by atoms with Crippen molar-refractivity contribution in [2.45, 2.75) is 6.42 Å². The van der Waals surface area contributed by atoms with Crippen LogP contribution in [-0.4, -0.2) is 40.8 Å². The van der Waals surface area contributed by atoms with E-state index in [1.807, 2.05) is 0 Å². The highest BCUT2D eigenvalue weighted by Crippen LogP contribution is 2.26. The number of ether oxygens (including phenoxy) is 1. The Kier molecular flexibility index (Phi) is 4.31. The van der Waals surface area contributed by atoms with Crippen LogP contribution in [0.15, 0.2) is 30.9 Å². The molecule has 8 nitrogen and oxygen atoms in total. The van der Waals surface area contributed by atoms with Crippen molar-refractivity contribution in [2.24, 2.45) is 0 Å². The van der Waals surface area contributed by atoms with Crippen molar-refractivity contribution in [3.05, 3.63) is 52.1 Å². The van der Waals surface area contributed by atoms with E-state index in [0.29, 0.717) is 0 Å². The first kappa shape index (κ1) is 15.4. The number of hydrogen-bond acceptors (Lipinski definition) is 6. The fraction of sp³-hybridized carbons (Fsp3) is 0.214. The Morgan fingerprint density at radius 1 is 1.32 bits per heavy atom. The third-order valence-corrected chi connectivity index (χ3v) is 3.07. The molecule has 0 aromatic heterocycles. The molecule has 0 N–H and O–H groups in total. The summed E-state index contributed by atoms with van der Waals surface area (Å²) in [7, 11) is 0. The van der Waals surface area contributed by atoms with E-state index < -0.39 is 22.7 Å². The van der Waals surface area contributed by atoms with E-state index in [4.69, 9.17) is 4.74 Å². The quantitative estimate of drug-likeness (QED) is 0.258. The van der Waals surface area contributed by atoms with Gasteiger partial charge in [-0.2, -0.15) is 0 Å². The number of rotatable bonds is 6. The molecule has 0 fully saturated rings. The molecule has 1 aromatic rings. The number of benzene rings is 1. The summed E-state index contributed by atoms with van der Waals surface area (Å²) >= 11 is 0. The van der Waals surface area contributed by atoms with Crippen LogP contribution in [0.4, 0.5) is 5.69 Å². The number of non-ortho nitro benzene ring substituents is 1. The normalized spacial score (nSPS) is 13.0. The summed E-state index contributed by atoms with van der Waals surface area (Å²) in [6.07, 6.45) is 1.25. The van der Waals surface area contributed by atoms with Crippen LogP contribution in [0.5, 0.6) is 0 Å². The average Bonchev–Trinajstić information content (AvgIpc) is 2.74. The van der Waals surface area contributed by atoms with E-state index in [1.54, 1.807) is 0 Å². The summed E-state index contributed by atoms with van der Waals surface area (Å²) in [6.45, 7) is 3.30. The van der Waals surface area contributed by atoms with Gasteiger partial charge in [-0.25, -0.2) is 0 Å². The molecule has 22 heavy (non-hydrogen) atoms. The largest absolute Gasteiger partial charge is 0.461 e. The lowest BCUT2D eigenvalue weighted by atomic mass is 10.1. The predicted molar refractivity (Wildman–Crippen MR) is 74.2 cm³/mol. The van der Waals surface area contributed by atoms with Crippen LogP contribution < -0.4 is 0 Å². The van der Waals surface area contributed by atoms with Crippen LogP contribution in [0.25, 0.3) is 0 Å². The Morgan fingerprint density at radius 3 is 2.64 bits per heavy atom. The number of esters is 1. The summed E-state index contributed by atoms with van der Waals surface area (Å²) in [6, 6.07) is 3.46. The van der Waals surface area contributed by atoms with Crippen molar-refractivity contribution in [3.8, 4) is 0 Å². The maximum atomic E-state index is 12.1. The molecule has 0 bridgehead atoms. The van der Waals surface area contributed by atoms with Gasteiger partial charge in [0.1, 0.15) is 6.61 Å². The van der Waals surface area contributed by atoms with Crippen LogP contribution in [0, 0.1) is 10.1 Å². The van der Waals surface area contributed by atoms with Gasteiger partial charge in [0.05, 0.1) is 22.5 Å². The predicted octanol–water partition coefficient (Wildman–Crippen LogP) is 1.31. The summed E-state index contributed by atoms with van der Waals surface area (Å²) in [5.74, 6) is -1.80. The van der Waals surface area contributed by atoms with Crippen LogP contribution in [0.2, 0.25) is 0 Å². The number of nitro groups is 1. The number of nitro benzene ring substituents is 1. The van der Waals surface area contributed by atoms with Crippen molar-refractivity contribution >= 4 is 23.5 Å². The Bertz CT molecular complexity index is 682. The first-order valence-electron chi connectivity index (χ1n) is 6.37. The molecule has 0 spiro atoms. The Balaban J connectivity index is 2.12. The van der Waals surface area contributed by atoms with Gasteiger partial charge in [0.2, 0.25) is 0 Å². The first-order chi connectivity index (χ1) is 10.5.